The number of halogens is 1. The molecule has 0 saturated carbocycles. The van der Waals surface area contributed by atoms with Crippen molar-refractivity contribution in [1.29, 1.82) is 0 Å². The van der Waals surface area contributed by atoms with Crippen molar-refractivity contribution in [1.82, 2.24) is 20.4 Å². The summed E-state index contributed by atoms with van der Waals surface area (Å²) in [6, 6.07) is 3.92. The van der Waals surface area contributed by atoms with E-state index in [2.05, 4.69) is 15.5 Å². The van der Waals surface area contributed by atoms with Crippen LogP contribution in [0.5, 0.6) is 0 Å². The van der Waals surface area contributed by atoms with Gasteiger partial charge < -0.3 is 10.2 Å². The van der Waals surface area contributed by atoms with E-state index in [0.29, 0.717) is 12.1 Å². The summed E-state index contributed by atoms with van der Waals surface area (Å²) in [5, 5.41) is 10.9. The molecule has 5 nitrogen and oxygen atoms in total. The zero-order valence-corrected chi connectivity index (χ0v) is 12.2. The molecular weight excluding hydrogens is 264 g/mol. The number of aryl methyl sites for hydroxylation is 1. The first-order valence-corrected chi connectivity index (χ1v) is 5.97. The third kappa shape index (κ3) is 3.24. The highest BCUT2D eigenvalue weighted by molar-refractivity contribution is 6.05. The highest BCUT2D eigenvalue weighted by Crippen LogP contribution is 2.19. The van der Waals surface area contributed by atoms with Crippen LogP contribution >= 0.6 is 12.4 Å². The second-order valence-corrected chi connectivity index (χ2v) is 4.48. The standard InChI is InChI=1S/C13H18N4O.ClH/c1-9-6-10-8-15-16-12(10)11(7-9)13(18)17(3)5-4-14-2;/h6-8,14H,4-5H2,1-3H3,(H,15,16);1H. The van der Waals surface area contributed by atoms with Crippen molar-refractivity contribution >= 4 is 29.2 Å². The topological polar surface area (TPSA) is 61.0 Å². The Labute approximate surface area is 118 Å². The SMILES string of the molecule is CNCCN(C)C(=O)c1cc(C)cc2cn[nH]c12.Cl. The van der Waals surface area contributed by atoms with E-state index in [1.165, 1.54) is 0 Å². The van der Waals surface area contributed by atoms with Gasteiger partial charge in [0, 0.05) is 25.5 Å². The maximum Gasteiger partial charge on any atom is 0.255 e. The molecule has 0 radical (unpaired) electrons. The lowest BCUT2D eigenvalue weighted by molar-refractivity contribution is 0.0798. The summed E-state index contributed by atoms with van der Waals surface area (Å²) < 4.78 is 0. The molecule has 0 saturated heterocycles. The van der Waals surface area contributed by atoms with E-state index in [4.69, 9.17) is 0 Å². The Morgan fingerprint density at radius 3 is 2.89 bits per heavy atom. The number of rotatable bonds is 4. The molecule has 1 aromatic carbocycles. The van der Waals surface area contributed by atoms with E-state index in [1.807, 2.05) is 33.2 Å². The average Bonchev–Trinajstić information content (AvgIpc) is 2.81. The molecule has 0 aliphatic heterocycles. The van der Waals surface area contributed by atoms with Crippen LogP contribution in [0.4, 0.5) is 0 Å². The zero-order valence-electron chi connectivity index (χ0n) is 11.4. The molecule has 0 fully saturated rings. The van der Waals surface area contributed by atoms with Crippen molar-refractivity contribution < 1.29 is 4.79 Å². The minimum Gasteiger partial charge on any atom is -0.340 e. The van der Waals surface area contributed by atoms with Gasteiger partial charge in [-0.05, 0) is 31.7 Å². The number of carbonyl (C=O) groups is 1. The maximum absolute atomic E-state index is 12.4. The zero-order chi connectivity index (χ0) is 13.1. The Hall–Kier alpha value is -1.59. The maximum atomic E-state index is 12.4. The molecule has 1 heterocycles. The van der Waals surface area contributed by atoms with Crippen LogP contribution in [-0.2, 0) is 0 Å². The fraction of sp³-hybridized carbons (Fsp3) is 0.385. The number of likely N-dealkylation sites (N-methyl/N-ethyl adjacent to an activating group) is 2. The van der Waals surface area contributed by atoms with Gasteiger partial charge in [-0.15, -0.1) is 12.4 Å². The third-order valence-electron chi connectivity index (χ3n) is 2.97. The summed E-state index contributed by atoms with van der Waals surface area (Å²) in [5.41, 5.74) is 2.55. The molecule has 0 aliphatic rings. The van der Waals surface area contributed by atoms with E-state index in [1.54, 1.807) is 11.1 Å². The predicted octanol–water partition coefficient (Wildman–Crippen LogP) is 1.58. The van der Waals surface area contributed by atoms with Gasteiger partial charge in [-0.25, -0.2) is 0 Å². The summed E-state index contributed by atoms with van der Waals surface area (Å²) in [6.45, 7) is 3.44. The summed E-state index contributed by atoms with van der Waals surface area (Å²) in [5.74, 6) is 0.0169. The summed E-state index contributed by atoms with van der Waals surface area (Å²) >= 11 is 0. The van der Waals surface area contributed by atoms with Crippen LogP contribution in [0.3, 0.4) is 0 Å². The van der Waals surface area contributed by atoms with Gasteiger partial charge in [0.1, 0.15) is 0 Å². The number of amides is 1. The molecule has 6 heteroatoms. The van der Waals surface area contributed by atoms with Gasteiger partial charge in [0.25, 0.3) is 5.91 Å². The number of aromatic nitrogens is 2. The van der Waals surface area contributed by atoms with Gasteiger partial charge >= 0.3 is 0 Å². The molecule has 2 rings (SSSR count). The van der Waals surface area contributed by atoms with Crippen LogP contribution in [0, 0.1) is 6.92 Å². The van der Waals surface area contributed by atoms with E-state index < -0.39 is 0 Å². The summed E-state index contributed by atoms with van der Waals surface area (Å²) in [6.07, 6.45) is 1.74. The van der Waals surface area contributed by atoms with Crippen LogP contribution in [0.1, 0.15) is 15.9 Å². The van der Waals surface area contributed by atoms with E-state index in [9.17, 15) is 4.79 Å². The lowest BCUT2D eigenvalue weighted by atomic mass is 10.1. The van der Waals surface area contributed by atoms with Crippen molar-refractivity contribution in [3.63, 3.8) is 0 Å². The van der Waals surface area contributed by atoms with Gasteiger partial charge in [0.2, 0.25) is 0 Å². The van der Waals surface area contributed by atoms with E-state index >= 15 is 0 Å². The number of nitrogens with one attached hydrogen (secondary N) is 2. The number of benzene rings is 1. The van der Waals surface area contributed by atoms with Crippen molar-refractivity contribution in [3.05, 3.63) is 29.5 Å². The highest BCUT2D eigenvalue weighted by Gasteiger charge is 2.16. The summed E-state index contributed by atoms with van der Waals surface area (Å²) in [7, 11) is 3.68. The van der Waals surface area contributed by atoms with Crippen molar-refractivity contribution in [2.75, 3.05) is 27.2 Å². The Morgan fingerprint density at radius 1 is 1.47 bits per heavy atom. The largest absolute Gasteiger partial charge is 0.340 e. The minimum atomic E-state index is 0. The van der Waals surface area contributed by atoms with E-state index in [0.717, 1.165) is 23.0 Å². The Balaban J connectivity index is 0.00000180. The molecule has 104 valence electrons. The molecule has 0 spiro atoms. The average molecular weight is 283 g/mol. The van der Waals surface area contributed by atoms with E-state index in [-0.39, 0.29) is 18.3 Å². The first-order valence-electron chi connectivity index (χ1n) is 5.97. The first kappa shape index (κ1) is 15.5. The molecule has 1 aromatic heterocycles. The van der Waals surface area contributed by atoms with Gasteiger partial charge in [-0.2, -0.15) is 5.10 Å². The number of carbonyl (C=O) groups excluding carboxylic acids is 1. The molecule has 2 aromatic rings. The number of H-pyrrole nitrogens is 1. The Morgan fingerprint density at radius 2 is 2.21 bits per heavy atom. The summed E-state index contributed by atoms with van der Waals surface area (Å²) in [4.78, 5) is 14.1. The number of hydrogen-bond acceptors (Lipinski definition) is 3. The van der Waals surface area contributed by atoms with Crippen LogP contribution in [0.15, 0.2) is 18.3 Å². The van der Waals surface area contributed by atoms with Crippen LogP contribution in [-0.4, -0.2) is 48.2 Å². The quantitative estimate of drug-likeness (QED) is 0.895. The van der Waals surface area contributed by atoms with Gasteiger partial charge in [0.05, 0.1) is 17.3 Å². The van der Waals surface area contributed by atoms with Crippen LogP contribution < -0.4 is 5.32 Å². The van der Waals surface area contributed by atoms with Crippen molar-refractivity contribution in [2.24, 2.45) is 0 Å². The fourth-order valence-electron chi connectivity index (χ4n) is 1.96. The molecule has 0 aliphatic carbocycles. The van der Waals surface area contributed by atoms with Crippen molar-refractivity contribution in [3.8, 4) is 0 Å². The van der Waals surface area contributed by atoms with Gasteiger partial charge in [-0.1, -0.05) is 0 Å². The van der Waals surface area contributed by atoms with Gasteiger partial charge in [-0.3, -0.25) is 9.89 Å². The third-order valence-corrected chi connectivity index (χ3v) is 2.97. The predicted molar refractivity (Wildman–Crippen MR) is 79.0 cm³/mol. The molecule has 2 N–H and O–H groups in total. The molecular formula is C13H19ClN4O. The molecule has 1 amide bonds. The van der Waals surface area contributed by atoms with Crippen molar-refractivity contribution in [2.45, 2.75) is 6.92 Å². The number of nitrogens with zero attached hydrogens (tertiary/aromatic N) is 2. The second-order valence-electron chi connectivity index (χ2n) is 4.48. The second kappa shape index (κ2) is 6.54. The highest BCUT2D eigenvalue weighted by atomic mass is 35.5. The monoisotopic (exact) mass is 282 g/mol. The lowest BCUT2D eigenvalue weighted by Crippen LogP contribution is -2.32. The number of fused-ring (bicyclic) bond motifs is 1. The van der Waals surface area contributed by atoms with Crippen LogP contribution in [0.2, 0.25) is 0 Å². The lowest BCUT2D eigenvalue weighted by Gasteiger charge is -2.17. The van der Waals surface area contributed by atoms with Crippen LogP contribution in [0.25, 0.3) is 10.9 Å². The first-order chi connectivity index (χ1) is 8.63. The normalized spacial score (nSPS) is 10.3. The molecule has 0 atom stereocenters. The molecule has 0 unspecified atom stereocenters. The molecule has 19 heavy (non-hydrogen) atoms. The number of aromatic amines is 1. The number of hydrogen-bond donors (Lipinski definition) is 2. The smallest absolute Gasteiger partial charge is 0.255 e. The molecule has 0 bridgehead atoms. The minimum absolute atomic E-state index is 0. The Bertz CT molecular complexity index is 567. The Kier molecular flexibility index (Phi) is 5.32. The fourth-order valence-corrected chi connectivity index (χ4v) is 1.96. The van der Waals surface area contributed by atoms with Gasteiger partial charge in [0.15, 0.2) is 0 Å².